The Hall–Kier alpha value is -0.920. The van der Waals surface area contributed by atoms with Gasteiger partial charge in [0.15, 0.2) is 12.2 Å². The van der Waals surface area contributed by atoms with Crippen molar-refractivity contribution in [3.8, 4) is 6.07 Å². The number of ether oxygens (including phenoxy) is 2. The molecule has 0 aliphatic carbocycles. The smallest absolute Gasteiger partial charge is 0.179 e. The first-order valence-corrected chi connectivity index (χ1v) is 2.70. The lowest BCUT2D eigenvalue weighted by atomic mass is 10.2. The number of nitrogens with zero attached hydrogens (tertiary/aromatic N) is 1. The zero-order valence-electron chi connectivity index (χ0n) is 5.90. The molecule has 0 saturated carbocycles. The van der Waals surface area contributed by atoms with Crippen LogP contribution in [0.5, 0.6) is 0 Å². The number of methoxy groups -OCH3 is 2. The van der Waals surface area contributed by atoms with E-state index >= 15 is 0 Å². The van der Waals surface area contributed by atoms with Gasteiger partial charge >= 0.3 is 0 Å². The Labute approximate surface area is 59.3 Å². The van der Waals surface area contributed by atoms with Crippen LogP contribution in [0.2, 0.25) is 0 Å². The van der Waals surface area contributed by atoms with Crippen LogP contribution >= 0.6 is 0 Å². The van der Waals surface area contributed by atoms with Crippen molar-refractivity contribution in [1.82, 2.24) is 0 Å². The molecule has 0 aromatic rings. The molecule has 0 amide bonds. The SMILES string of the molecule is COC(OC)C(C#N)C=O. The Kier molecular flexibility index (Phi) is 4.46. The normalized spacial score (nSPS) is 12.6. The van der Waals surface area contributed by atoms with Crippen LogP contribution in [-0.2, 0) is 14.3 Å². The second kappa shape index (κ2) is 4.91. The standard InChI is InChI=1S/C6H9NO3/c1-9-6(10-2)5(3-7)4-8/h4-6H,1-2H3. The number of aldehydes is 1. The lowest BCUT2D eigenvalue weighted by molar-refractivity contribution is -0.139. The van der Waals surface area contributed by atoms with Gasteiger partial charge in [0.2, 0.25) is 0 Å². The first-order chi connectivity index (χ1) is 4.79. The molecule has 0 bridgehead atoms. The van der Waals surface area contributed by atoms with Gasteiger partial charge in [-0.15, -0.1) is 0 Å². The van der Waals surface area contributed by atoms with Gasteiger partial charge in [-0.1, -0.05) is 0 Å². The molecule has 0 aromatic heterocycles. The average Bonchev–Trinajstić information content (AvgIpc) is 2.00. The third-order valence-electron chi connectivity index (χ3n) is 1.05. The summed E-state index contributed by atoms with van der Waals surface area (Å²) in [5.41, 5.74) is 0. The fraction of sp³-hybridized carbons (Fsp3) is 0.667. The predicted molar refractivity (Wildman–Crippen MR) is 33.0 cm³/mol. The van der Waals surface area contributed by atoms with E-state index in [0.717, 1.165) is 0 Å². The summed E-state index contributed by atoms with van der Waals surface area (Å²) in [6.45, 7) is 0. The number of rotatable bonds is 4. The predicted octanol–water partition coefficient (Wildman–Crippen LogP) is -0.0560. The minimum absolute atomic E-state index is 0.498. The fourth-order valence-electron chi connectivity index (χ4n) is 0.545. The maximum Gasteiger partial charge on any atom is 0.179 e. The third kappa shape index (κ3) is 2.13. The molecule has 0 fully saturated rings. The Morgan fingerprint density at radius 1 is 1.50 bits per heavy atom. The van der Waals surface area contributed by atoms with Gasteiger partial charge in [0.05, 0.1) is 6.07 Å². The molecule has 0 heterocycles. The highest BCUT2D eigenvalue weighted by Crippen LogP contribution is 2.02. The number of hydrogen-bond acceptors (Lipinski definition) is 4. The van der Waals surface area contributed by atoms with Crippen molar-refractivity contribution in [3.63, 3.8) is 0 Å². The van der Waals surface area contributed by atoms with Gasteiger partial charge in [0, 0.05) is 14.2 Å². The molecule has 0 rings (SSSR count). The van der Waals surface area contributed by atoms with Crippen LogP contribution in [0.1, 0.15) is 0 Å². The molecule has 0 radical (unpaired) electrons. The van der Waals surface area contributed by atoms with Gasteiger partial charge in [-0.3, -0.25) is 0 Å². The molecule has 1 atom stereocenters. The van der Waals surface area contributed by atoms with Crippen LogP contribution in [0.25, 0.3) is 0 Å². The van der Waals surface area contributed by atoms with Crippen molar-refractivity contribution in [3.05, 3.63) is 0 Å². The third-order valence-corrected chi connectivity index (χ3v) is 1.05. The summed E-state index contributed by atoms with van der Waals surface area (Å²) in [7, 11) is 2.75. The summed E-state index contributed by atoms with van der Waals surface area (Å²) >= 11 is 0. The first kappa shape index (κ1) is 9.08. The summed E-state index contributed by atoms with van der Waals surface area (Å²) in [6.07, 6.45) is -0.250. The molecule has 0 aromatic carbocycles. The zero-order valence-corrected chi connectivity index (χ0v) is 5.90. The van der Waals surface area contributed by atoms with Gasteiger partial charge in [-0.2, -0.15) is 5.26 Å². The van der Waals surface area contributed by atoms with Crippen molar-refractivity contribution >= 4 is 6.29 Å². The lowest BCUT2D eigenvalue weighted by Crippen LogP contribution is -2.24. The van der Waals surface area contributed by atoms with Crippen LogP contribution in [0.3, 0.4) is 0 Å². The summed E-state index contributed by atoms with van der Waals surface area (Å²) in [5.74, 6) is -0.838. The Morgan fingerprint density at radius 2 is 2.00 bits per heavy atom. The van der Waals surface area contributed by atoms with E-state index in [0.29, 0.717) is 6.29 Å². The molecular weight excluding hydrogens is 134 g/mol. The zero-order chi connectivity index (χ0) is 7.98. The van der Waals surface area contributed by atoms with E-state index in [1.807, 2.05) is 0 Å². The van der Waals surface area contributed by atoms with E-state index in [4.69, 9.17) is 5.26 Å². The van der Waals surface area contributed by atoms with Crippen LogP contribution in [-0.4, -0.2) is 26.8 Å². The summed E-state index contributed by atoms with van der Waals surface area (Å²) < 4.78 is 9.33. The largest absolute Gasteiger partial charge is 0.354 e. The Bertz CT molecular complexity index is 136. The molecule has 0 aliphatic rings. The molecule has 0 N–H and O–H groups in total. The maximum absolute atomic E-state index is 10.1. The molecule has 0 saturated heterocycles. The fourth-order valence-corrected chi connectivity index (χ4v) is 0.545. The van der Waals surface area contributed by atoms with Crippen LogP contribution in [0, 0.1) is 17.2 Å². The van der Waals surface area contributed by atoms with Gasteiger partial charge in [0.1, 0.15) is 6.29 Å². The van der Waals surface area contributed by atoms with E-state index < -0.39 is 12.2 Å². The molecule has 56 valence electrons. The average molecular weight is 143 g/mol. The summed E-state index contributed by atoms with van der Waals surface area (Å²) in [4.78, 5) is 10.1. The minimum atomic E-state index is -0.838. The van der Waals surface area contributed by atoms with Gasteiger partial charge in [-0.05, 0) is 0 Å². The topological polar surface area (TPSA) is 59.3 Å². The highest BCUT2D eigenvalue weighted by atomic mass is 16.7. The molecule has 0 spiro atoms. The van der Waals surface area contributed by atoms with Gasteiger partial charge in [-0.25, -0.2) is 0 Å². The second-order valence-electron chi connectivity index (χ2n) is 1.63. The highest BCUT2D eigenvalue weighted by molar-refractivity contribution is 5.58. The number of nitriles is 1. The molecule has 1 unspecified atom stereocenters. The van der Waals surface area contributed by atoms with Crippen molar-refractivity contribution < 1.29 is 14.3 Å². The molecule has 10 heavy (non-hydrogen) atoms. The monoisotopic (exact) mass is 143 g/mol. The van der Waals surface area contributed by atoms with Crippen LogP contribution in [0.15, 0.2) is 0 Å². The first-order valence-electron chi connectivity index (χ1n) is 2.70. The highest BCUT2D eigenvalue weighted by Gasteiger charge is 2.18. The van der Waals surface area contributed by atoms with E-state index in [1.54, 1.807) is 6.07 Å². The van der Waals surface area contributed by atoms with E-state index in [9.17, 15) is 4.79 Å². The minimum Gasteiger partial charge on any atom is -0.354 e. The number of hydrogen-bond donors (Lipinski definition) is 0. The molecule has 4 nitrogen and oxygen atoms in total. The van der Waals surface area contributed by atoms with Gasteiger partial charge in [0.25, 0.3) is 0 Å². The molecule has 4 heteroatoms. The summed E-state index contributed by atoms with van der Waals surface area (Å²) in [6, 6.07) is 1.74. The van der Waals surface area contributed by atoms with Crippen LogP contribution in [0.4, 0.5) is 0 Å². The van der Waals surface area contributed by atoms with Crippen molar-refractivity contribution in [2.75, 3.05) is 14.2 Å². The van der Waals surface area contributed by atoms with Crippen molar-refractivity contribution in [2.45, 2.75) is 6.29 Å². The number of carbonyl (C=O) groups is 1. The summed E-state index contributed by atoms with van der Waals surface area (Å²) in [5, 5.41) is 8.32. The second-order valence-corrected chi connectivity index (χ2v) is 1.63. The number of carbonyl (C=O) groups excluding carboxylic acids is 1. The molecule has 0 aliphatic heterocycles. The lowest BCUT2D eigenvalue weighted by Gasteiger charge is -2.13. The van der Waals surface area contributed by atoms with Crippen molar-refractivity contribution in [2.24, 2.45) is 5.92 Å². The van der Waals surface area contributed by atoms with Crippen molar-refractivity contribution in [1.29, 1.82) is 5.26 Å². The van der Waals surface area contributed by atoms with Gasteiger partial charge < -0.3 is 14.3 Å². The van der Waals surface area contributed by atoms with E-state index in [-0.39, 0.29) is 0 Å². The quantitative estimate of drug-likeness (QED) is 0.408. The Balaban J connectivity index is 3.98. The van der Waals surface area contributed by atoms with E-state index in [1.165, 1.54) is 14.2 Å². The molecular formula is C6H9NO3. The van der Waals surface area contributed by atoms with E-state index in [2.05, 4.69) is 9.47 Å². The maximum atomic E-state index is 10.1. The van der Waals surface area contributed by atoms with Crippen LogP contribution < -0.4 is 0 Å². The Morgan fingerprint density at radius 3 is 2.10 bits per heavy atom.